The third-order valence-electron chi connectivity index (χ3n) is 4.48. The van der Waals surface area contributed by atoms with Crippen molar-refractivity contribution < 1.29 is 13.9 Å². The minimum absolute atomic E-state index is 0.0122. The van der Waals surface area contributed by atoms with E-state index in [1.807, 2.05) is 30.3 Å². The molecular weight excluding hydrogens is 359 g/mol. The van der Waals surface area contributed by atoms with Crippen LogP contribution in [0.4, 0.5) is 4.39 Å². The van der Waals surface area contributed by atoms with E-state index in [0.29, 0.717) is 19.1 Å². The average molecular weight is 384 g/mol. The number of hydrogen-bond acceptors (Lipinski definition) is 3. The molecule has 0 fully saturated rings. The molecule has 0 saturated carbocycles. The molecule has 28 heavy (non-hydrogen) atoms. The summed E-state index contributed by atoms with van der Waals surface area (Å²) >= 11 is 0. The molecule has 7 heteroatoms. The number of benzene rings is 2. The summed E-state index contributed by atoms with van der Waals surface area (Å²) < 4.78 is 19.1. The number of likely N-dealkylation sites (N-methyl/N-ethyl adjacent to an activating group) is 1. The SMILES string of the molecule is CN(C)C(=O)CNC(=NCc1cccc(F)c1)NC1CCOc2ccccc21. The predicted molar refractivity (Wildman–Crippen MR) is 107 cm³/mol. The summed E-state index contributed by atoms with van der Waals surface area (Å²) in [5.41, 5.74) is 1.81. The molecule has 2 aromatic carbocycles. The Bertz CT molecular complexity index is 854. The number of nitrogens with one attached hydrogen (secondary N) is 2. The van der Waals surface area contributed by atoms with Crippen molar-refractivity contribution in [2.75, 3.05) is 27.2 Å². The number of rotatable bonds is 5. The highest BCUT2D eigenvalue weighted by molar-refractivity contribution is 5.86. The van der Waals surface area contributed by atoms with Gasteiger partial charge in [0.1, 0.15) is 11.6 Å². The highest BCUT2D eigenvalue weighted by Gasteiger charge is 2.22. The molecular formula is C21H25FN4O2. The lowest BCUT2D eigenvalue weighted by Gasteiger charge is -2.28. The van der Waals surface area contributed by atoms with Crippen LogP contribution < -0.4 is 15.4 Å². The molecule has 148 valence electrons. The van der Waals surface area contributed by atoms with Gasteiger partial charge in [-0.1, -0.05) is 30.3 Å². The topological polar surface area (TPSA) is 66.0 Å². The van der Waals surface area contributed by atoms with Crippen LogP contribution in [-0.4, -0.2) is 44.0 Å². The largest absolute Gasteiger partial charge is 0.493 e. The first-order valence-corrected chi connectivity index (χ1v) is 9.24. The van der Waals surface area contributed by atoms with Gasteiger partial charge < -0.3 is 20.3 Å². The smallest absolute Gasteiger partial charge is 0.241 e. The van der Waals surface area contributed by atoms with Gasteiger partial charge in [-0.3, -0.25) is 4.79 Å². The van der Waals surface area contributed by atoms with Gasteiger partial charge in [-0.15, -0.1) is 0 Å². The van der Waals surface area contributed by atoms with Gasteiger partial charge in [-0.25, -0.2) is 9.38 Å². The Labute approximate surface area is 164 Å². The van der Waals surface area contributed by atoms with Gasteiger partial charge in [-0.2, -0.15) is 0 Å². The Hall–Kier alpha value is -3.09. The minimum atomic E-state index is -0.295. The van der Waals surface area contributed by atoms with Crippen molar-refractivity contribution in [3.63, 3.8) is 0 Å². The maximum atomic E-state index is 13.4. The zero-order chi connectivity index (χ0) is 19.9. The number of halogens is 1. The van der Waals surface area contributed by atoms with Crippen LogP contribution in [0.25, 0.3) is 0 Å². The summed E-state index contributed by atoms with van der Waals surface area (Å²) in [7, 11) is 3.41. The molecule has 0 radical (unpaired) electrons. The number of amides is 1. The van der Waals surface area contributed by atoms with Gasteiger partial charge in [0.05, 0.1) is 25.7 Å². The van der Waals surface area contributed by atoms with Crippen molar-refractivity contribution in [2.45, 2.75) is 19.0 Å². The molecule has 1 aliphatic rings. The molecule has 1 heterocycles. The van der Waals surface area contributed by atoms with Crippen molar-refractivity contribution in [3.05, 3.63) is 65.5 Å². The lowest BCUT2D eigenvalue weighted by Crippen LogP contribution is -2.45. The number of ether oxygens (including phenoxy) is 1. The van der Waals surface area contributed by atoms with Crippen LogP contribution in [0.2, 0.25) is 0 Å². The Morgan fingerprint density at radius 2 is 2.07 bits per heavy atom. The van der Waals surface area contributed by atoms with Crippen LogP contribution in [0.15, 0.2) is 53.5 Å². The van der Waals surface area contributed by atoms with E-state index in [9.17, 15) is 9.18 Å². The van der Waals surface area contributed by atoms with Crippen LogP contribution in [0, 0.1) is 5.82 Å². The van der Waals surface area contributed by atoms with Crippen molar-refractivity contribution >= 4 is 11.9 Å². The Balaban J connectivity index is 1.76. The highest BCUT2D eigenvalue weighted by atomic mass is 19.1. The number of aliphatic imine (C=N–C) groups is 1. The van der Waals surface area contributed by atoms with E-state index in [1.165, 1.54) is 17.0 Å². The van der Waals surface area contributed by atoms with Gasteiger partial charge in [0, 0.05) is 26.1 Å². The Kier molecular flexibility index (Phi) is 6.47. The van der Waals surface area contributed by atoms with E-state index < -0.39 is 0 Å². The maximum absolute atomic E-state index is 13.4. The van der Waals surface area contributed by atoms with Crippen molar-refractivity contribution in [3.8, 4) is 5.75 Å². The molecule has 6 nitrogen and oxygen atoms in total. The van der Waals surface area contributed by atoms with E-state index in [-0.39, 0.29) is 24.3 Å². The molecule has 1 unspecified atom stereocenters. The molecule has 0 aliphatic carbocycles. The van der Waals surface area contributed by atoms with E-state index in [4.69, 9.17) is 4.74 Å². The summed E-state index contributed by atoms with van der Waals surface area (Å²) in [6.45, 7) is 1.02. The molecule has 0 saturated heterocycles. The van der Waals surface area contributed by atoms with Crippen LogP contribution in [-0.2, 0) is 11.3 Å². The van der Waals surface area contributed by atoms with Gasteiger partial charge >= 0.3 is 0 Å². The molecule has 1 amide bonds. The van der Waals surface area contributed by atoms with Crippen LogP contribution in [0.1, 0.15) is 23.6 Å². The summed E-state index contributed by atoms with van der Waals surface area (Å²) in [5.74, 6) is 0.991. The molecule has 1 aliphatic heterocycles. The van der Waals surface area contributed by atoms with E-state index >= 15 is 0 Å². The summed E-state index contributed by atoms with van der Waals surface area (Å²) in [5, 5.41) is 6.46. The third-order valence-corrected chi connectivity index (χ3v) is 4.48. The summed E-state index contributed by atoms with van der Waals surface area (Å²) in [6, 6.07) is 14.2. The van der Waals surface area contributed by atoms with Crippen LogP contribution >= 0.6 is 0 Å². The predicted octanol–water partition coefficient (Wildman–Crippen LogP) is 2.47. The average Bonchev–Trinajstić information content (AvgIpc) is 2.70. The molecule has 0 spiro atoms. The molecule has 3 rings (SSSR count). The second kappa shape index (κ2) is 9.21. The van der Waals surface area contributed by atoms with Gasteiger partial charge in [0.25, 0.3) is 0 Å². The van der Waals surface area contributed by atoms with Crippen molar-refractivity contribution in [1.29, 1.82) is 0 Å². The Morgan fingerprint density at radius 3 is 2.86 bits per heavy atom. The number of carbonyl (C=O) groups excluding carboxylic acids is 1. The van der Waals surface area contributed by atoms with Gasteiger partial charge in [0.2, 0.25) is 5.91 Å². The van der Waals surface area contributed by atoms with E-state index in [2.05, 4.69) is 15.6 Å². The lowest BCUT2D eigenvalue weighted by atomic mass is 10.0. The first-order chi connectivity index (χ1) is 13.5. The minimum Gasteiger partial charge on any atom is -0.493 e. The third kappa shape index (κ3) is 5.22. The monoisotopic (exact) mass is 384 g/mol. The Morgan fingerprint density at radius 1 is 1.25 bits per heavy atom. The quantitative estimate of drug-likeness (QED) is 0.614. The van der Waals surface area contributed by atoms with Crippen molar-refractivity contribution in [2.24, 2.45) is 4.99 Å². The zero-order valence-corrected chi connectivity index (χ0v) is 16.1. The highest BCUT2D eigenvalue weighted by Crippen LogP contribution is 2.31. The fraction of sp³-hybridized carbons (Fsp3) is 0.333. The number of fused-ring (bicyclic) bond motifs is 1. The van der Waals surface area contributed by atoms with E-state index in [1.54, 1.807) is 20.2 Å². The number of para-hydroxylation sites is 1. The molecule has 0 aromatic heterocycles. The summed E-state index contributed by atoms with van der Waals surface area (Å²) in [6.07, 6.45) is 0.777. The summed E-state index contributed by atoms with van der Waals surface area (Å²) in [4.78, 5) is 18.0. The second-order valence-corrected chi connectivity index (χ2v) is 6.81. The maximum Gasteiger partial charge on any atom is 0.241 e. The van der Waals surface area contributed by atoms with Gasteiger partial charge in [-0.05, 0) is 23.8 Å². The lowest BCUT2D eigenvalue weighted by molar-refractivity contribution is -0.127. The number of hydrogen-bond donors (Lipinski definition) is 2. The fourth-order valence-electron chi connectivity index (χ4n) is 2.93. The number of guanidine groups is 1. The first kappa shape index (κ1) is 19.7. The normalized spacial score (nSPS) is 16.0. The number of carbonyl (C=O) groups is 1. The van der Waals surface area contributed by atoms with E-state index in [0.717, 1.165) is 23.3 Å². The van der Waals surface area contributed by atoms with Crippen molar-refractivity contribution in [1.82, 2.24) is 15.5 Å². The molecule has 1 atom stereocenters. The zero-order valence-electron chi connectivity index (χ0n) is 16.1. The standard InChI is InChI=1S/C21H25FN4O2/c1-26(2)20(27)14-24-21(23-13-15-6-5-7-16(22)12-15)25-18-10-11-28-19-9-4-3-8-17(18)19/h3-9,12,18H,10-11,13-14H2,1-2H3,(H2,23,24,25). The van der Waals surface area contributed by atoms with Crippen LogP contribution in [0.3, 0.4) is 0 Å². The van der Waals surface area contributed by atoms with Gasteiger partial charge in [0.15, 0.2) is 5.96 Å². The van der Waals surface area contributed by atoms with Crippen LogP contribution in [0.5, 0.6) is 5.75 Å². The first-order valence-electron chi connectivity index (χ1n) is 9.24. The molecule has 0 bridgehead atoms. The molecule has 2 aromatic rings. The fourth-order valence-corrected chi connectivity index (χ4v) is 2.93. The second-order valence-electron chi connectivity index (χ2n) is 6.81. The number of nitrogens with zero attached hydrogens (tertiary/aromatic N) is 2. The molecule has 2 N–H and O–H groups in total.